The number of fused-ring (bicyclic) bond motifs is 2. The lowest BCUT2D eigenvalue weighted by Crippen LogP contribution is -2.37. The van der Waals surface area contributed by atoms with E-state index in [2.05, 4.69) is 23.4 Å². The second-order valence-corrected chi connectivity index (χ2v) is 8.84. The molecule has 2 aliphatic rings. The van der Waals surface area contributed by atoms with Gasteiger partial charge in [-0.1, -0.05) is 26.2 Å². The number of nitrogens with one attached hydrogen (secondary N) is 1. The number of H-pyrrole nitrogens is 1. The highest BCUT2D eigenvalue weighted by molar-refractivity contribution is 7.71. The quantitative estimate of drug-likeness (QED) is 0.774. The largest absolute Gasteiger partial charge is 0.369 e. The smallest absolute Gasteiger partial charge is 0.209 e. The van der Waals surface area contributed by atoms with E-state index in [1.165, 1.54) is 19.3 Å². The lowest BCUT2D eigenvalue weighted by molar-refractivity contribution is -0.0550. The molecule has 3 heterocycles. The van der Waals surface area contributed by atoms with E-state index >= 15 is 0 Å². The van der Waals surface area contributed by atoms with Crippen LogP contribution in [0.1, 0.15) is 68.9 Å². The van der Waals surface area contributed by atoms with Crippen LogP contribution in [-0.4, -0.2) is 15.2 Å². The summed E-state index contributed by atoms with van der Waals surface area (Å²) in [5.74, 6) is 0. The average molecular weight is 365 g/mol. The van der Waals surface area contributed by atoms with Gasteiger partial charge in [0.05, 0.1) is 12.2 Å². The zero-order valence-electron chi connectivity index (χ0n) is 14.3. The van der Waals surface area contributed by atoms with Crippen LogP contribution < -0.4 is 5.43 Å². The Balaban J connectivity index is 1.88. The molecule has 1 aliphatic carbocycles. The van der Waals surface area contributed by atoms with E-state index in [-0.39, 0.29) is 11.0 Å². The molecular weight excluding hydrogens is 340 g/mol. The van der Waals surface area contributed by atoms with Crippen LogP contribution in [0, 0.1) is 4.77 Å². The van der Waals surface area contributed by atoms with E-state index < -0.39 is 0 Å². The molecule has 24 heavy (non-hydrogen) atoms. The van der Waals surface area contributed by atoms with Gasteiger partial charge in [0.25, 0.3) is 0 Å². The zero-order chi connectivity index (χ0) is 16.9. The minimum absolute atomic E-state index is 0.127. The third-order valence-corrected chi connectivity index (χ3v) is 7.23. The first-order chi connectivity index (χ1) is 11.5. The summed E-state index contributed by atoms with van der Waals surface area (Å²) in [7, 11) is 0. The van der Waals surface area contributed by atoms with Gasteiger partial charge in [0, 0.05) is 22.9 Å². The molecule has 0 radical (unpaired) electrons. The van der Waals surface area contributed by atoms with E-state index in [1.807, 2.05) is 0 Å². The van der Waals surface area contributed by atoms with Gasteiger partial charge in [-0.2, -0.15) is 0 Å². The van der Waals surface area contributed by atoms with Crippen LogP contribution in [0.25, 0.3) is 10.3 Å². The molecule has 4 rings (SSSR count). The SMILES string of the molecule is CCC1(C)Cc2c(sc3c([nH]c(=S)n3C3CCCCC3)c2=O)CO1. The average Bonchev–Trinajstić information content (AvgIpc) is 2.93. The van der Waals surface area contributed by atoms with Crippen molar-refractivity contribution in [1.82, 2.24) is 9.55 Å². The summed E-state index contributed by atoms with van der Waals surface area (Å²) < 4.78 is 8.98. The zero-order valence-corrected chi connectivity index (χ0v) is 15.9. The van der Waals surface area contributed by atoms with Crippen molar-refractivity contribution in [2.24, 2.45) is 0 Å². The lowest BCUT2D eigenvalue weighted by atomic mass is 9.91. The van der Waals surface area contributed by atoms with Crippen molar-refractivity contribution in [2.45, 2.75) is 77.0 Å². The molecule has 1 saturated carbocycles. The molecule has 130 valence electrons. The number of aromatic nitrogens is 2. The van der Waals surface area contributed by atoms with Crippen molar-refractivity contribution < 1.29 is 4.74 Å². The Morgan fingerprint density at radius 2 is 2.12 bits per heavy atom. The van der Waals surface area contributed by atoms with Gasteiger partial charge < -0.3 is 14.3 Å². The number of imidazole rings is 1. The number of hydrogen-bond acceptors (Lipinski definition) is 4. The molecule has 0 bridgehead atoms. The molecule has 4 nitrogen and oxygen atoms in total. The van der Waals surface area contributed by atoms with Gasteiger partial charge in [-0.15, -0.1) is 11.3 Å². The summed E-state index contributed by atoms with van der Waals surface area (Å²) in [4.78, 5) is 18.4. The summed E-state index contributed by atoms with van der Waals surface area (Å²) >= 11 is 7.28. The second kappa shape index (κ2) is 6.07. The fourth-order valence-corrected chi connectivity index (χ4v) is 5.63. The van der Waals surface area contributed by atoms with Crippen molar-refractivity contribution in [1.29, 1.82) is 0 Å². The van der Waals surface area contributed by atoms with Crippen LogP contribution in [0.5, 0.6) is 0 Å². The first-order valence-electron chi connectivity index (χ1n) is 8.95. The minimum atomic E-state index is -0.227. The van der Waals surface area contributed by atoms with Crippen molar-refractivity contribution in [3.8, 4) is 0 Å². The summed E-state index contributed by atoms with van der Waals surface area (Å²) in [5.41, 5.74) is 1.53. The molecule has 1 aliphatic heterocycles. The third kappa shape index (κ3) is 2.59. The van der Waals surface area contributed by atoms with Gasteiger partial charge in [0.1, 0.15) is 10.3 Å². The van der Waals surface area contributed by atoms with Crippen LogP contribution >= 0.6 is 23.6 Å². The van der Waals surface area contributed by atoms with E-state index in [1.54, 1.807) is 11.3 Å². The van der Waals surface area contributed by atoms with Crippen LogP contribution in [0.15, 0.2) is 4.79 Å². The van der Waals surface area contributed by atoms with Gasteiger partial charge >= 0.3 is 0 Å². The Morgan fingerprint density at radius 1 is 1.38 bits per heavy atom. The maximum atomic E-state index is 13.1. The second-order valence-electron chi connectivity index (χ2n) is 7.37. The predicted molar refractivity (Wildman–Crippen MR) is 101 cm³/mol. The summed E-state index contributed by atoms with van der Waals surface area (Å²) in [6.07, 6.45) is 7.72. The standard InChI is InChI=1S/C18H24N2O2S2/c1-3-18(2)9-12-13(10-22-18)24-16-14(15(12)21)19-17(23)20(16)11-7-5-4-6-8-11/h11H,3-10H2,1-2H3,(H,19,23). The van der Waals surface area contributed by atoms with E-state index in [4.69, 9.17) is 17.0 Å². The van der Waals surface area contributed by atoms with Crippen molar-refractivity contribution in [3.63, 3.8) is 0 Å². The maximum absolute atomic E-state index is 13.1. The van der Waals surface area contributed by atoms with E-state index in [9.17, 15) is 4.79 Å². The molecule has 0 aromatic carbocycles. The van der Waals surface area contributed by atoms with Crippen LogP contribution in [0.2, 0.25) is 0 Å². The molecule has 0 saturated heterocycles. The molecule has 2 aromatic heterocycles. The molecule has 6 heteroatoms. The molecule has 0 spiro atoms. The Morgan fingerprint density at radius 3 is 2.83 bits per heavy atom. The van der Waals surface area contributed by atoms with Crippen LogP contribution in [0.3, 0.4) is 0 Å². The Labute approximate surface area is 150 Å². The fourth-order valence-electron chi connectivity index (χ4n) is 4.00. The summed E-state index contributed by atoms with van der Waals surface area (Å²) in [6, 6.07) is 0.430. The molecule has 1 N–H and O–H groups in total. The first-order valence-corrected chi connectivity index (χ1v) is 10.2. The summed E-state index contributed by atoms with van der Waals surface area (Å²) in [6.45, 7) is 4.75. The molecular formula is C18H24N2O2S2. The van der Waals surface area contributed by atoms with Crippen LogP contribution in [0.4, 0.5) is 0 Å². The maximum Gasteiger partial charge on any atom is 0.209 e. The lowest BCUT2D eigenvalue weighted by Gasteiger charge is -2.33. The topological polar surface area (TPSA) is 47.0 Å². The monoisotopic (exact) mass is 364 g/mol. The highest BCUT2D eigenvalue weighted by atomic mass is 32.1. The molecule has 1 atom stereocenters. The van der Waals surface area contributed by atoms with E-state index in [0.29, 0.717) is 29.4 Å². The molecule has 0 amide bonds. The Bertz CT molecular complexity index is 889. The van der Waals surface area contributed by atoms with Crippen LogP contribution in [-0.2, 0) is 17.8 Å². The van der Waals surface area contributed by atoms with Crippen molar-refractivity contribution in [2.75, 3.05) is 0 Å². The van der Waals surface area contributed by atoms with Gasteiger partial charge in [-0.25, -0.2) is 0 Å². The molecule has 1 fully saturated rings. The predicted octanol–water partition coefficient (Wildman–Crippen LogP) is 4.87. The molecule has 2 aromatic rings. The number of nitrogens with zero attached hydrogens (tertiary/aromatic N) is 1. The number of aromatic amines is 1. The van der Waals surface area contributed by atoms with Gasteiger partial charge in [0.15, 0.2) is 4.77 Å². The fraction of sp³-hybridized carbons (Fsp3) is 0.667. The minimum Gasteiger partial charge on any atom is -0.369 e. The van der Waals surface area contributed by atoms with Gasteiger partial charge in [-0.05, 0) is 38.4 Å². The number of ether oxygens (including phenoxy) is 1. The number of hydrogen-bond donors (Lipinski definition) is 1. The highest BCUT2D eigenvalue weighted by Gasteiger charge is 2.33. The van der Waals surface area contributed by atoms with Gasteiger partial charge in [-0.3, -0.25) is 4.79 Å². The summed E-state index contributed by atoms with van der Waals surface area (Å²) in [5, 5.41) is 0. The van der Waals surface area contributed by atoms with Gasteiger partial charge in [0.2, 0.25) is 5.43 Å². The third-order valence-electron chi connectivity index (χ3n) is 5.73. The van der Waals surface area contributed by atoms with Crippen molar-refractivity contribution >= 4 is 33.9 Å². The Kier molecular flexibility index (Phi) is 4.17. The Hall–Kier alpha value is -0.980. The molecule has 1 unspecified atom stereocenters. The number of rotatable bonds is 2. The normalized spacial score (nSPS) is 25.1. The van der Waals surface area contributed by atoms with Crippen molar-refractivity contribution in [3.05, 3.63) is 25.4 Å². The first kappa shape index (κ1) is 16.5. The van der Waals surface area contributed by atoms with E-state index in [0.717, 1.165) is 34.5 Å². The highest BCUT2D eigenvalue weighted by Crippen LogP contribution is 2.36.